The van der Waals surface area contributed by atoms with Crippen LogP contribution in [-0.2, 0) is 10.2 Å². The van der Waals surface area contributed by atoms with E-state index in [1.165, 1.54) is 4.31 Å². The number of fused-ring (bicyclic) bond motifs is 1. The zero-order valence-electron chi connectivity index (χ0n) is 12.3. The van der Waals surface area contributed by atoms with E-state index in [0.717, 1.165) is 12.8 Å². The molecule has 21 heavy (non-hydrogen) atoms. The summed E-state index contributed by atoms with van der Waals surface area (Å²) in [5.74, 6) is 0.590. The summed E-state index contributed by atoms with van der Waals surface area (Å²) in [6.45, 7) is 3.68. The van der Waals surface area contributed by atoms with Crippen LogP contribution in [0.5, 0.6) is 0 Å². The van der Waals surface area contributed by atoms with Crippen LogP contribution in [-0.4, -0.2) is 37.5 Å². The van der Waals surface area contributed by atoms with Gasteiger partial charge in [0.2, 0.25) is 0 Å². The fourth-order valence-corrected chi connectivity index (χ4v) is 4.81. The second kappa shape index (κ2) is 5.59. The second-order valence-corrected chi connectivity index (χ2v) is 7.88. The van der Waals surface area contributed by atoms with Gasteiger partial charge in [0, 0.05) is 25.2 Å². The van der Waals surface area contributed by atoms with Crippen molar-refractivity contribution in [3.8, 4) is 0 Å². The Morgan fingerprint density at radius 2 is 1.76 bits per heavy atom. The molecule has 1 unspecified atom stereocenters. The Balaban J connectivity index is 1.91. The van der Waals surface area contributed by atoms with E-state index in [9.17, 15) is 13.5 Å². The Bertz CT molecular complexity index is 609. The van der Waals surface area contributed by atoms with Crippen LogP contribution in [0.3, 0.4) is 0 Å². The lowest BCUT2D eigenvalue weighted by atomic mass is 10.0. The average Bonchev–Trinajstić information content (AvgIpc) is 2.48. The molecule has 116 valence electrons. The Kier molecular flexibility index (Phi) is 3.94. The maximum Gasteiger partial charge on any atom is 0.304 e. The van der Waals surface area contributed by atoms with E-state index in [1.54, 1.807) is 16.4 Å². The summed E-state index contributed by atoms with van der Waals surface area (Å²) in [5, 5.41) is 10.1. The van der Waals surface area contributed by atoms with Crippen molar-refractivity contribution in [1.29, 1.82) is 0 Å². The third kappa shape index (κ3) is 2.67. The molecule has 0 amide bonds. The molecule has 2 aliphatic rings. The van der Waals surface area contributed by atoms with Crippen LogP contribution in [0.25, 0.3) is 0 Å². The van der Waals surface area contributed by atoms with Crippen LogP contribution in [0.1, 0.15) is 37.9 Å². The summed E-state index contributed by atoms with van der Waals surface area (Å²) in [5.41, 5.74) is 1.33. The van der Waals surface area contributed by atoms with E-state index >= 15 is 0 Å². The monoisotopic (exact) mass is 310 g/mol. The maximum atomic E-state index is 12.9. The second-order valence-electron chi connectivity index (χ2n) is 6.02. The number of piperidine rings is 1. The molecule has 1 aromatic rings. The van der Waals surface area contributed by atoms with E-state index in [0.29, 0.717) is 43.2 Å². The minimum atomic E-state index is -3.49. The van der Waals surface area contributed by atoms with Gasteiger partial charge in [0.25, 0.3) is 0 Å². The highest BCUT2D eigenvalue weighted by Crippen LogP contribution is 2.36. The Morgan fingerprint density at radius 3 is 2.48 bits per heavy atom. The first-order chi connectivity index (χ1) is 10.00. The fourth-order valence-electron chi connectivity index (χ4n) is 3.11. The number of hydrogen-bond acceptors (Lipinski definition) is 3. The highest BCUT2D eigenvalue weighted by Gasteiger charge is 2.36. The van der Waals surface area contributed by atoms with Gasteiger partial charge in [-0.1, -0.05) is 25.1 Å². The van der Waals surface area contributed by atoms with E-state index in [4.69, 9.17) is 0 Å². The lowest BCUT2D eigenvalue weighted by molar-refractivity contribution is 0.166. The molecule has 2 aliphatic heterocycles. The number of aliphatic hydroxyl groups excluding tert-OH is 1. The van der Waals surface area contributed by atoms with Crippen LogP contribution in [0.2, 0.25) is 0 Å². The molecule has 1 N–H and O–H groups in total. The van der Waals surface area contributed by atoms with Crippen molar-refractivity contribution in [1.82, 2.24) is 4.31 Å². The molecule has 0 radical (unpaired) electrons. The summed E-state index contributed by atoms with van der Waals surface area (Å²) in [6, 6.07) is 7.24. The van der Waals surface area contributed by atoms with Gasteiger partial charge < -0.3 is 5.11 Å². The Labute approximate surface area is 126 Å². The summed E-state index contributed by atoms with van der Waals surface area (Å²) < 4.78 is 28.8. The lowest BCUT2D eigenvalue weighted by Gasteiger charge is -2.38. The van der Waals surface area contributed by atoms with Crippen LogP contribution in [0, 0.1) is 5.92 Å². The summed E-state index contributed by atoms with van der Waals surface area (Å²) in [6.07, 6.45) is 1.70. The summed E-state index contributed by atoms with van der Waals surface area (Å²) in [7, 11) is -3.49. The quantitative estimate of drug-likeness (QED) is 0.907. The summed E-state index contributed by atoms with van der Waals surface area (Å²) >= 11 is 0. The number of anilines is 1. The molecule has 1 fully saturated rings. The van der Waals surface area contributed by atoms with Gasteiger partial charge in [0.1, 0.15) is 0 Å². The van der Waals surface area contributed by atoms with Crippen molar-refractivity contribution in [2.75, 3.05) is 23.9 Å². The number of aliphatic hydroxyl groups is 1. The van der Waals surface area contributed by atoms with E-state index < -0.39 is 16.3 Å². The SMILES string of the molecule is CC1CCN(S(=O)(=O)N2CCC(O)c3ccccc32)CC1. The molecule has 6 heteroatoms. The molecule has 1 atom stereocenters. The molecule has 1 aromatic carbocycles. The van der Waals surface area contributed by atoms with Crippen molar-refractivity contribution in [2.24, 2.45) is 5.92 Å². The van der Waals surface area contributed by atoms with Gasteiger partial charge in [-0.25, -0.2) is 0 Å². The molecule has 3 rings (SSSR count). The smallest absolute Gasteiger partial charge is 0.304 e. The number of rotatable bonds is 2. The molecule has 5 nitrogen and oxygen atoms in total. The first kappa shape index (κ1) is 14.8. The maximum absolute atomic E-state index is 12.9. The Morgan fingerprint density at radius 1 is 1.10 bits per heavy atom. The molecule has 0 saturated carbocycles. The predicted molar refractivity (Wildman–Crippen MR) is 82.3 cm³/mol. The molecule has 0 aliphatic carbocycles. The zero-order valence-corrected chi connectivity index (χ0v) is 13.1. The van der Waals surface area contributed by atoms with Crippen LogP contribution in [0.4, 0.5) is 5.69 Å². The van der Waals surface area contributed by atoms with Gasteiger partial charge in [-0.3, -0.25) is 4.31 Å². The van der Waals surface area contributed by atoms with Gasteiger partial charge >= 0.3 is 10.2 Å². The largest absolute Gasteiger partial charge is 0.388 e. The van der Waals surface area contributed by atoms with Gasteiger partial charge in [-0.05, 0) is 31.2 Å². The minimum Gasteiger partial charge on any atom is -0.388 e. The van der Waals surface area contributed by atoms with E-state index in [1.807, 2.05) is 12.1 Å². The topological polar surface area (TPSA) is 60.9 Å². The highest BCUT2D eigenvalue weighted by atomic mass is 32.2. The van der Waals surface area contributed by atoms with Crippen LogP contribution >= 0.6 is 0 Å². The lowest BCUT2D eigenvalue weighted by Crippen LogP contribution is -2.49. The van der Waals surface area contributed by atoms with Crippen LogP contribution < -0.4 is 4.31 Å². The molecule has 0 aromatic heterocycles. The molecular weight excluding hydrogens is 288 g/mol. The molecule has 1 saturated heterocycles. The third-order valence-corrected chi connectivity index (χ3v) is 6.47. The van der Waals surface area contributed by atoms with Crippen molar-refractivity contribution in [3.05, 3.63) is 29.8 Å². The van der Waals surface area contributed by atoms with Gasteiger partial charge in [-0.2, -0.15) is 12.7 Å². The van der Waals surface area contributed by atoms with Crippen molar-refractivity contribution >= 4 is 15.9 Å². The van der Waals surface area contributed by atoms with Crippen LogP contribution in [0.15, 0.2) is 24.3 Å². The molecule has 0 spiro atoms. The third-order valence-electron chi connectivity index (χ3n) is 4.52. The summed E-state index contributed by atoms with van der Waals surface area (Å²) in [4.78, 5) is 0. The van der Waals surface area contributed by atoms with Crippen molar-refractivity contribution < 1.29 is 13.5 Å². The molecular formula is C15H22N2O3S. The highest BCUT2D eigenvalue weighted by molar-refractivity contribution is 7.90. The van der Waals surface area contributed by atoms with E-state index in [2.05, 4.69) is 6.92 Å². The standard InChI is InChI=1S/C15H22N2O3S/c1-12-6-9-16(10-7-12)21(19,20)17-11-8-15(18)13-4-2-3-5-14(13)17/h2-5,12,15,18H,6-11H2,1H3. The zero-order chi connectivity index (χ0) is 15.0. The van der Waals surface area contributed by atoms with Crippen molar-refractivity contribution in [2.45, 2.75) is 32.3 Å². The number of hydrogen-bond donors (Lipinski definition) is 1. The first-order valence-corrected chi connectivity index (χ1v) is 8.94. The van der Waals surface area contributed by atoms with Gasteiger partial charge in [0.15, 0.2) is 0 Å². The minimum absolute atomic E-state index is 0.340. The van der Waals surface area contributed by atoms with Gasteiger partial charge in [-0.15, -0.1) is 0 Å². The average molecular weight is 310 g/mol. The fraction of sp³-hybridized carbons (Fsp3) is 0.600. The van der Waals surface area contributed by atoms with E-state index in [-0.39, 0.29) is 0 Å². The molecule has 2 heterocycles. The number of para-hydroxylation sites is 1. The molecule has 0 bridgehead atoms. The number of benzene rings is 1. The first-order valence-electron chi connectivity index (χ1n) is 7.55. The number of nitrogens with zero attached hydrogens (tertiary/aromatic N) is 2. The Hall–Kier alpha value is -1.11. The predicted octanol–water partition coefficient (Wildman–Crippen LogP) is 1.91. The van der Waals surface area contributed by atoms with Gasteiger partial charge in [0.05, 0.1) is 11.8 Å². The normalized spacial score (nSPS) is 24.9. The van der Waals surface area contributed by atoms with Crippen molar-refractivity contribution in [3.63, 3.8) is 0 Å².